The average Bonchev–Trinajstić information content (AvgIpc) is 2.82. The second-order valence-electron chi connectivity index (χ2n) is 3.83. The topological polar surface area (TPSA) is 50.2 Å². The Hall–Kier alpha value is -1.68. The molecule has 0 bridgehead atoms. The van der Waals surface area contributed by atoms with E-state index in [2.05, 4.69) is 4.98 Å². The van der Waals surface area contributed by atoms with Crippen LogP contribution in [0.15, 0.2) is 41.9 Å². The van der Waals surface area contributed by atoms with Gasteiger partial charge in [0.25, 0.3) is 0 Å². The molecule has 0 fully saturated rings. The molecule has 4 heteroatoms. The second-order valence-corrected chi connectivity index (χ2v) is 4.87. The molecule has 3 nitrogen and oxygen atoms in total. The lowest BCUT2D eigenvalue weighted by atomic mass is 9.96. The minimum Gasteiger partial charge on any atom is -0.481 e. The van der Waals surface area contributed by atoms with Crippen molar-refractivity contribution in [1.82, 2.24) is 4.98 Å². The minimum absolute atomic E-state index is 0.0488. The number of carbonyl (C=O) groups is 1. The molecular weight excluding hydrogens is 234 g/mol. The fourth-order valence-electron chi connectivity index (χ4n) is 1.78. The van der Waals surface area contributed by atoms with Gasteiger partial charge in [-0.25, -0.2) is 0 Å². The summed E-state index contributed by atoms with van der Waals surface area (Å²) < 4.78 is 0. The lowest BCUT2D eigenvalue weighted by Gasteiger charge is -2.12. The van der Waals surface area contributed by atoms with Crippen molar-refractivity contribution in [3.8, 4) is 0 Å². The molecule has 1 atom stereocenters. The maximum Gasteiger partial charge on any atom is 0.304 e. The standard InChI is InChI=1S/C13H13NO2S/c15-13(16)9-10(8-11-4-3-7-17-11)12-5-1-2-6-14-12/h1-7,10H,8-9H2,(H,15,16). The van der Waals surface area contributed by atoms with Gasteiger partial charge in [-0.1, -0.05) is 12.1 Å². The van der Waals surface area contributed by atoms with Gasteiger partial charge in [-0.3, -0.25) is 9.78 Å². The molecule has 0 saturated heterocycles. The van der Waals surface area contributed by atoms with Gasteiger partial charge in [-0.2, -0.15) is 0 Å². The summed E-state index contributed by atoms with van der Waals surface area (Å²) in [7, 11) is 0. The Morgan fingerprint density at radius 3 is 2.82 bits per heavy atom. The number of nitrogens with zero attached hydrogens (tertiary/aromatic N) is 1. The molecule has 2 heterocycles. The van der Waals surface area contributed by atoms with Crippen molar-refractivity contribution in [2.45, 2.75) is 18.8 Å². The van der Waals surface area contributed by atoms with Crippen molar-refractivity contribution in [3.05, 3.63) is 52.5 Å². The molecular formula is C13H13NO2S. The summed E-state index contributed by atoms with van der Waals surface area (Å²) in [5.41, 5.74) is 0.850. The van der Waals surface area contributed by atoms with Gasteiger partial charge in [0.05, 0.1) is 6.42 Å². The molecule has 2 aromatic rings. The van der Waals surface area contributed by atoms with Crippen LogP contribution in [-0.4, -0.2) is 16.1 Å². The Morgan fingerprint density at radius 1 is 1.35 bits per heavy atom. The van der Waals surface area contributed by atoms with Crippen LogP contribution < -0.4 is 0 Å². The number of thiophene rings is 1. The van der Waals surface area contributed by atoms with E-state index in [0.29, 0.717) is 0 Å². The molecule has 0 aliphatic carbocycles. The van der Waals surface area contributed by atoms with Crippen molar-refractivity contribution < 1.29 is 9.90 Å². The highest BCUT2D eigenvalue weighted by Crippen LogP contribution is 2.24. The molecule has 0 radical (unpaired) electrons. The van der Waals surface area contributed by atoms with Crippen LogP contribution in [0, 0.1) is 0 Å². The van der Waals surface area contributed by atoms with Crippen molar-refractivity contribution in [2.75, 3.05) is 0 Å². The van der Waals surface area contributed by atoms with Crippen LogP contribution in [0.3, 0.4) is 0 Å². The van der Waals surface area contributed by atoms with Crippen LogP contribution in [0.1, 0.15) is 22.9 Å². The number of rotatable bonds is 5. The lowest BCUT2D eigenvalue weighted by molar-refractivity contribution is -0.137. The third-order valence-electron chi connectivity index (χ3n) is 2.55. The molecule has 1 unspecified atom stereocenters. The number of hydrogen-bond donors (Lipinski definition) is 1. The number of carboxylic acid groups (broad SMARTS) is 1. The zero-order chi connectivity index (χ0) is 12.1. The smallest absolute Gasteiger partial charge is 0.304 e. The van der Waals surface area contributed by atoms with Crippen LogP contribution >= 0.6 is 11.3 Å². The van der Waals surface area contributed by atoms with E-state index >= 15 is 0 Å². The largest absolute Gasteiger partial charge is 0.481 e. The second kappa shape index (κ2) is 5.59. The first-order valence-electron chi connectivity index (χ1n) is 5.41. The van der Waals surface area contributed by atoms with Crippen molar-refractivity contribution >= 4 is 17.3 Å². The Balaban J connectivity index is 2.16. The van der Waals surface area contributed by atoms with Gasteiger partial charge in [-0.05, 0) is 30.0 Å². The normalized spacial score (nSPS) is 12.2. The molecule has 0 spiro atoms. The summed E-state index contributed by atoms with van der Waals surface area (Å²) in [5.74, 6) is -0.829. The summed E-state index contributed by atoms with van der Waals surface area (Å²) in [6, 6.07) is 9.64. The molecule has 2 aromatic heterocycles. The van der Waals surface area contributed by atoms with Crippen LogP contribution in [0.2, 0.25) is 0 Å². The highest BCUT2D eigenvalue weighted by atomic mass is 32.1. The monoisotopic (exact) mass is 247 g/mol. The van der Waals surface area contributed by atoms with Gasteiger partial charge in [0, 0.05) is 22.7 Å². The van der Waals surface area contributed by atoms with E-state index in [4.69, 9.17) is 5.11 Å². The van der Waals surface area contributed by atoms with E-state index in [1.807, 2.05) is 35.7 Å². The van der Waals surface area contributed by atoms with Gasteiger partial charge in [0.2, 0.25) is 0 Å². The number of pyridine rings is 1. The quantitative estimate of drug-likeness (QED) is 0.883. The van der Waals surface area contributed by atoms with Gasteiger partial charge in [0.1, 0.15) is 0 Å². The van der Waals surface area contributed by atoms with Gasteiger partial charge in [0.15, 0.2) is 0 Å². The highest BCUT2D eigenvalue weighted by molar-refractivity contribution is 7.09. The predicted molar refractivity (Wildman–Crippen MR) is 67.3 cm³/mol. The summed E-state index contributed by atoms with van der Waals surface area (Å²) in [4.78, 5) is 16.3. The number of hydrogen-bond acceptors (Lipinski definition) is 3. The molecule has 0 saturated carbocycles. The van der Waals surface area contributed by atoms with Crippen molar-refractivity contribution in [1.29, 1.82) is 0 Å². The minimum atomic E-state index is -0.780. The summed E-state index contributed by atoms with van der Waals surface area (Å²) in [6.07, 6.45) is 2.56. The van der Waals surface area contributed by atoms with Gasteiger partial charge >= 0.3 is 5.97 Å². The molecule has 88 valence electrons. The van der Waals surface area contributed by atoms with Gasteiger partial charge < -0.3 is 5.11 Å². The van der Waals surface area contributed by atoms with Crippen molar-refractivity contribution in [2.24, 2.45) is 0 Å². The van der Waals surface area contributed by atoms with E-state index < -0.39 is 5.97 Å². The first kappa shape index (κ1) is 11.8. The Bertz CT molecular complexity index is 467. The van der Waals surface area contributed by atoms with Crippen molar-refractivity contribution in [3.63, 3.8) is 0 Å². The third kappa shape index (κ3) is 3.39. The lowest BCUT2D eigenvalue weighted by Crippen LogP contribution is -2.10. The first-order chi connectivity index (χ1) is 8.25. The molecule has 0 amide bonds. The molecule has 0 aliphatic heterocycles. The molecule has 0 aromatic carbocycles. The summed E-state index contributed by atoms with van der Waals surface area (Å²) in [6.45, 7) is 0. The predicted octanol–water partition coefficient (Wildman–Crippen LogP) is 2.94. The van der Waals surface area contributed by atoms with E-state index in [9.17, 15) is 4.79 Å². The average molecular weight is 247 g/mol. The Kier molecular flexibility index (Phi) is 3.88. The van der Waals surface area contributed by atoms with Crippen LogP contribution in [0.5, 0.6) is 0 Å². The van der Waals surface area contributed by atoms with E-state index in [1.54, 1.807) is 17.5 Å². The third-order valence-corrected chi connectivity index (χ3v) is 3.45. The molecule has 1 N–H and O–H groups in total. The number of aromatic nitrogens is 1. The Morgan fingerprint density at radius 2 is 2.24 bits per heavy atom. The van der Waals surface area contributed by atoms with Crippen LogP contribution in [0.25, 0.3) is 0 Å². The first-order valence-corrected chi connectivity index (χ1v) is 6.29. The summed E-state index contributed by atoms with van der Waals surface area (Å²) >= 11 is 1.65. The summed E-state index contributed by atoms with van der Waals surface area (Å²) in [5, 5.41) is 11.0. The maximum atomic E-state index is 10.9. The van der Waals surface area contributed by atoms with E-state index in [-0.39, 0.29) is 12.3 Å². The van der Waals surface area contributed by atoms with E-state index in [1.165, 1.54) is 4.88 Å². The Labute approximate surface area is 104 Å². The van der Waals surface area contributed by atoms with E-state index in [0.717, 1.165) is 12.1 Å². The fraction of sp³-hybridized carbons (Fsp3) is 0.231. The highest BCUT2D eigenvalue weighted by Gasteiger charge is 2.17. The van der Waals surface area contributed by atoms with Gasteiger partial charge in [-0.15, -0.1) is 11.3 Å². The fourth-order valence-corrected chi connectivity index (χ4v) is 2.57. The number of aliphatic carboxylic acids is 1. The SMILES string of the molecule is O=C(O)CC(Cc1cccs1)c1ccccn1. The molecule has 0 aliphatic rings. The van der Waals surface area contributed by atoms with Crippen LogP contribution in [-0.2, 0) is 11.2 Å². The zero-order valence-corrected chi connectivity index (χ0v) is 10.1. The zero-order valence-electron chi connectivity index (χ0n) is 9.24. The molecule has 2 rings (SSSR count). The maximum absolute atomic E-state index is 10.9. The number of carboxylic acids is 1. The molecule has 17 heavy (non-hydrogen) atoms. The van der Waals surface area contributed by atoms with Crippen LogP contribution in [0.4, 0.5) is 0 Å².